The molecule has 3 heterocycles. The van der Waals surface area contributed by atoms with Crippen molar-refractivity contribution in [2.24, 2.45) is 0 Å². The molecule has 0 aromatic carbocycles. The van der Waals surface area contributed by atoms with Gasteiger partial charge in [0.2, 0.25) is 0 Å². The molecule has 0 aliphatic carbocycles. The van der Waals surface area contributed by atoms with E-state index in [1.807, 2.05) is 13.8 Å². The number of rotatable bonds is 4. The van der Waals surface area contributed by atoms with Crippen LogP contribution in [0.1, 0.15) is 47.3 Å². The molecule has 0 aliphatic heterocycles. The molecule has 0 amide bonds. The maximum Gasteiger partial charge on any atom is 0.344 e. The van der Waals surface area contributed by atoms with Crippen molar-refractivity contribution in [3.8, 4) is 0 Å². The molecule has 0 saturated carbocycles. The van der Waals surface area contributed by atoms with Gasteiger partial charge < -0.3 is 9.26 Å². The van der Waals surface area contributed by atoms with Gasteiger partial charge in [0, 0.05) is 18.2 Å². The number of carbonyl (C=O) groups excluding carboxylic acids is 1. The Hall–Kier alpha value is -2.67. The van der Waals surface area contributed by atoms with Gasteiger partial charge in [-0.15, -0.1) is 0 Å². The minimum absolute atomic E-state index is 0.00284. The van der Waals surface area contributed by atoms with Crippen LogP contribution in [0.2, 0.25) is 5.02 Å². The maximum atomic E-state index is 12.4. The maximum absolute atomic E-state index is 12.4. The second-order valence-corrected chi connectivity index (χ2v) is 6.34. The number of aryl methyl sites for hydroxylation is 1. The van der Waals surface area contributed by atoms with Crippen LogP contribution in [0.25, 0.3) is 5.65 Å². The zero-order valence-electron chi connectivity index (χ0n) is 13.9. The number of fused-ring (bicyclic) bond motifs is 1. The Labute approximate surface area is 148 Å². The number of aromatic nitrogens is 3. The number of halogens is 1. The molecule has 3 aromatic heterocycles. The summed E-state index contributed by atoms with van der Waals surface area (Å²) in [6.45, 7) is 5.34. The van der Waals surface area contributed by atoms with Crippen LogP contribution in [0.5, 0.6) is 0 Å². The molecule has 0 unspecified atom stereocenters. The van der Waals surface area contributed by atoms with Gasteiger partial charge in [-0.3, -0.25) is 9.20 Å². The van der Waals surface area contributed by atoms with Crippen molar-refractivity contribution in [3.05, 3.63) is 62.5 Å². The van der Waals surface area contributed by atoms with Gasteiger partial charge in [-0.2, -0.15) is 0 Å². The summed E-state index contributed by atoms with van der Waals surface area (Å²) in [4.78, 5) is 28.8. The van der Waals surface area contributed by atoms with Crippen LogP contribution in [-0.2, 0) is 11.3 Å². The van der Waals surface area contributed by atoms with Gasteiger partial charge in [-0.25, -0.2) is 9.78 Å². The highest BCUT2D eigenvalue weighted by Gasteiger charge is 2.24. The van der Waals surface area contributed by atoms with E-state index in [-0.39, 0.29) is 18.1 Å². The number of hydrogen-bond donors (Lipinski definition) is 0. The summed E-state index contributed by atoms with van der Waals surface area (Å²) in [6, 6.07) is 4.56. The molecule has 7 nitrogen and oxygen atoms in total. The molecule has 3 aromatic rings. The number of ether oxygens (including phenoxy) is 1. The Balaban J connectivity index is 1.83. The summed E-state index contributed by atoms with van der Waals surface area (Å²) in [6.07, 6.45) is 1.48. The predicted octanol–water partition coefficient (Wildman–Crippen LogP) is 3.12. The number of carbonyl (C=O) groups is 1. The highest BCUT2D eigenvalue weighted by atomic mass is 35.5. The van der Waals surface area contributed by atoms with E-state index in [1.165, 1.54) is 16.7 Å². The van der Waals surface area contributed by atoms with E-state index >= 15 is 0 Å². The monoisotopic (exact) mass is 361 g/mol. The fourth-order valence-electron chi connectivity index (χ4n) is 2.44. The average molecular weight is 362 g/mol. The Morgan fingerprint density at radius 3 is 2.88 bits per heavy atom. The normalized spacial score (nSPS) is 11.2. The van der Waals surface area contributed by atoms with Gasteiger partial charge in [-0.1, -0.05) is 30.6 Å². The van der Waals surface area contributed by atoms with Crippen molar-refractivity contribution < 1.29 is 14.1 Å². The molecule has 8 heteroatoms. The highest BCUT2D eigenvalue weighted by molar-refractivity contribution is 6.30. The molecule has 130 valence electrons. The molecule has 0 N–H and O–H groups in total. The molecule has 0 atom stereocenters. The topological polar surface area (TPSA) is 86.7 Å². The van der Waals surface area contributed by atoms with Gasteiger partial charge in [0.05, 0.1) is 16.4 Å². The van der Waals surface area contributed by atoms with E-state index in [2.05, 4.69) is 10.1 Å². The quantitative estimate of drug-likeness (QED) is 0.663. The van der Waals surface area contributed by atoms with Gasteiger partial charge in [0.1, 0.15) is 17.8 Å². The third-order valence-electron chi connectivity index (χ3n) is 3.65. The lowest BCUT2D eigenvalue weighted by Gasteiger charge is -2.07. The van der Waals surface area contributed by atoms with Crippen LogP contribution in [0.3, 0.4) is 0 Å². The number of nitrogens with zero attached hydrogens (tertiary/aromatic N) is 3. The summed E-state index contributed by atoms with van der Waals surface area (Å²) in [5, 5.41) is 4.25. The fourth-order valence-corrected chi connectivity index (χ4v) is 2.60. The third-order valence-corrected chi connectivity index (χ3v) is 3.87. The lowest BCUT2D eigenvalue weighted by Crippen LogP contribution is -2.17. The van der Waals surface area contributed by atoms with Crippen molar-refractivity contribution >= 4 is 23.2 Å². The Bertz CT molecular complexity index is 1010. The molecule has 0 spiro atoms. The van der Waals surface area contributed by atoms with Crippen molar-refractivity contribution in [2.75, 3.05) is 0 Å². The van der Waals surface area contributed by atoms with Crippen LogP contribution in [0.4, 0.5) is 0 Å². The second-order valence-electron chi connectivity index (χ2n) is 5.90. The third kappa shape index (κ3) is 3.41. The minimum Gasteiger partial charge on any atom is -0.455 e. The van der Waals surface area contributed by atoms with E-state index < -0.39 is 5.97 Å². The Morgan fingerprint density at radius 2 is 2.16 bits per heavy atom. The van der Waals surface area contributed by atoms with Gasteiger partial charge in [0.15, 0.2) is 5.76 Å². The fraction of sp³-hybridized carbons (Fsp3) is 0.294. The molecular formula is C17H16ClN3O4. The van der Waals surface area contributed by atoms with Gasteiger partial charge in [0.25, 0.3) is 5.56 Å². The smallest absolute Gasteiger partial charge is 0.344 e. The largest absolute Gasteiger partial charge is 0.455 e. The van der Waals surface area contributed by atoms with E-state index in [1.54, 1.807) is 19.1 Å². The Morgan fingerprint density at radius 1 is 1.40 bits per heavy atom. The first-order chi connectivity index (χ1) is 11.9. The summed E-state index contributed by atoms with van der Waals surface area (Å²) in [7, 11) is 0. The van der Waals surface area contributed by atoms with Crippen LogP contribution in [0, 0.1) is 6.92 Å². The van der Waals surface area contributed by atoms with Crippen LogP contribution in [-0.4, -0.2) is 20.5 Å². The molecule has 0 fully saturated rings. The summed E-state index contributed by atoms with van der Waals surface area (Å²) < 4.78 is 11.8. The first-order valence-electron chi connectivity index (χ1n) is 7.68. The summed E-state index contributed by atoms with van der Waals surface area (Å²) >= 11 is 5.87. The first-order valence-corrected chi connectivity index (χ1v) is 8.05. The molecular weight excluding hydrogens is 346 g/mol. The number of esters is 1. The lowest BCUT2D eigenvalue weighted by molar-refractivity contribution is 0.0463. The van der Waals surface area contributed by atoms with Crippen LogP contribution < -0.4 is 5.56 Å². The molecule has 0 radical (unpaired) electrons. The molecule has 0 aliphatic rings. The van der Waals surface area contributed by atoms with E-state index in [9.17, 15) is 9.59 Å². The van der Waals surface area contributed by atoms with Crippen molar-refractivity contribution in [3.63, 3.8) is 0 Å². The first kappa shape index (κ1) is 17.2. The number of pyridine rings is 1. The van der Waals surface area contributed by atoms with Crippen LogP contribution >= 0.6 is 11.6 Å². The molecule has 0 saturated heterocycles. The van der Waals surface area contributed by atoms with E-state index in [4.69, 9.17) is 20.9 Å². The van der Waals surface area contributed by atoms with Crippen LogP contribution in [0.15, 0.2) is 33.7 Å². The standard InChI is InChI=1S/C17H16ClN3O4/c1-9(2)16-15(10(3)20-25-16)17(23)24-8-12-6-14(22)21-7-11(18)4-5-13(21)19-12/h4-7,9H,8H2,1-3H3. The van der Waals surface area contributed by atoms with Gasteiger partial charge in [-0.05, 0) is 19.1 Å². The lowest BCUT2D eigenvalue weighted by atomic mass is 10.1. The average Bonchev–Trinajstić information content (AvgIpc) is 2.95. The highest BCUT2D eigenvalue weighted by Crippen LogP contribution is 2.23. The molecule has 3 rings (SSSR count). The zero-order chi connectivity index (χ0) is 18.1. The predicted molar refractivity (Wildman–Crippen MR) is 90.9 cm³/mol. The number of hydrogen-bond acceptors (Lipinski definition) is 6. The van der Waals surface area contributed by atoms with E-state index in [0.29, 0.717) is 33.4 Å². The Kier molecular flexibility index (Phi) is 4.59. The van der Waals surface area contributed by atoms with Crippen molar-refractivity contribution in [1.29, 1.82) is 0 Å². The molecule has 25 heavy (non-hydrogen) atoms. The SMILES string of the molecule is Cc1noc(C(C)C)c1C(=O)OCc1cc(=O)n2cc(Cl)ccc2n1. The second kappa shape index (κ2) is 6.68. The summed E-state index contributed by atoms with van der Waals surface area (Å²) in [5.41, 5.74) is 1.25. The minimum atomic E-state index is -0.555. The van der Waals surface area contributed by atoms with Crippen molar-refractivity contribution in [2.45, 2.75) is 33.3 Å². The summed E-state index contributed by atoms with van der Waals surface area (Å²) in [5.74, 6) is -0.0822. The van der Waals surface area contributed by atoms with E-state index in [0.717, 1.165) is 0 Å². The molecule has 0 bridgehead atoms. The van der Waals surface area contributed by atoms with Crippen molar-refractivity contribution in [1.82, 2.24) is 14.5 Å². The zero-order valence-corrected chi connectivity index (χ0v) is 14.7. The van der Waals surface area contributed by atoms with Gasteiger partial charge >= 0.3 is 5.97 Å².